The number of aliphatic hydroxyl groups is 1. The third kappa shape index (κ3) is 5.08. The van der Waals surface area contributed by atoms with Gasteiger partial charge in [0, 0.05) is 7.05 Å². The van der Waals surface area contributed by atoms with E-state index in [1.807, 2.05) is 0 Å². The van der Waals surface area contributed by atoms with Gasteiger partial charge in [0.15, 0.2) is 0 Å². The quantitative estimate of drug-likeness (QED) is 0.416. The highest BCUT2D eigenvalue weighted by Gasteiger charge is 1.69. The van der Waals surface area contributed by atoms with Crippen LogP contribution in [0, 0.1) is 0 Å². The molecule has 0 aromatic rings. The average Bonchev–Trinajstić information content (AvgIpc) is 1.66. The number of nitrogens with one attached hydrogen (secondary N) is 1. The molecule has 0 unspecified atom stereocenters. The van der Waals surface area contributed by atoms with Crippen molar-refractivity contribution >= 4 is 0 Å². The summed E-state index contributed by atoms with van der Waals surface area (Å²) >= 11 is 0. The standard InChI is InChI=1S/C6H11NO/c1-6(8)4-3-5-7-2/h3-5,7-8H,1-2H3/b5-3-,6-4+. The predicted octanol–water partition coefficient (Wildman–Crippen LogP) is 1.18. The Bertz CT molecular complexity index is 101. The molecule has 2 nitrogen and oxygen atoms in total. The first-order valence-corrected chi connectivity index (χ1v) is 2.47. The van der Waals surface area contributed by atoms with E-state index in [1.165, 1.54) is 0 Å². The molecular weight excluding hydrogens is 102 g/mol. The fraction of sp³-hybridized carbons (Fsp3) is 0.333. The van der Waals surface area contributed by atoms with Gasteiger partial charge in [0.25, 0.3) is 0 Å². The van der Waals surface area contributed by atoms with Crippen LogP contribution in [0.25, 0.3) is 0 Å². The molecule has 0 saturated heterocycles. The van der Waals surface area contributed by atoms with Crippen molar-refractivity contribution in [1.82, 2.24) is 5.32 Å². The summed E-state index contributed by atoms with van der Waals surface area (Å²) in [5.74, 6) is 0.316. The monoisotopic (exact) mass is 113 g/mol. The highest BCUT2D eigenvalue weighted by atomic mass is 16.3. The van der Waals surface area contributed by atoms with Crippen LogP contribution in [-0.4, -0.2) is 12.2 Å². The van der Waals surface area contributed by atoms with Crippen LogP contribution < -0.4 is 5.32 Å². The van der Waals surface area contributed by atoms with Crippen molar-refractivity contribution in [3.63, 3.8) is 0 Å². The van der Waals surface area contributed by atoms with E-state index in [-0.39, 0.29) is 0 Å². The molecule has 0 aliphatic carbocycles. The van der Waals surface area contributed by atoms with Crippen molar-refractivity contribution in [2.24, 2.45) is 0 Å². The molecule has 0 aliphatic heterocycles. The Hall–Kier alpha value is -0.920. The van der Waals surface area contributed by atoms with Gasteiger partial charge in [-0.05, 0) is 25.3 Å². The summed E-state index contributed by atoms with van der Waals surface area (Å²) in [6.45, 7) is 1.62. The zero-order chi connectivity index (χ0) is 6.41. The fourth-order valence-electron chi connectivity index (χ4n) is 0.284. The first kappa shape index (κ1) is 7.08. The maximum atomic E-state index is 8.56. The van der Waals surface area contributed by atoms with Gasteiger partial charge in [0.1, 0.15) is 0 Å². The van der Waals surface area contributed by atoms with Gasteiger partial charge in [-0.3, -0.25) is 0 Å². The lowest BCUT2D eigenvalue weighted by Crippen LogP contribution is -1.89. The highest BCUT2D eigenvalue weighted by molar-refractivity contribution is 5.03. The summed E-state index contributed by atoms with van der Waals surface area (Å²) < 4.78 is 0. The molecule has 0 bridgehead atoms. The van der Waals surface area contributed by atoms with Crippen molar-refractivity contribution in [1.29, 1.82) is 0 Å². The molecule has 0 amide bonds. The van der Waals surface area contributed by atoms with Gasteiger partial charge in [-0.15, -0.1) is 0 Å². The van der Waals surface area contributed by atoms with E-state index >= 15 is 0 Å². The average molecular weight is 113 g/mol. The van der Waals surface area contributed by atoms with Crippen LogP contribution in [-0.2, 0) is 0 Å². The van der Waals surface area contributed by atoms with E-state index in [1.54, 1.807) is 32.3 Å². The van der Waals surface area contributed by atoms with E-state index in [2.05, 4.69) is 5.32 Å². The van der Waals surface area contributed by atoms with E-state index < -0.39 is 0 Å². The van der Waals surface area contributed by atoms with Crippen LogP contribution in [0.15, 0.2) is 24.1 Å². The van der Waals surface area contributed by atoms with Gasteiger partial charge in [-0.25, -0.2) is 0 Å². The molecule has 0 fully saturated rings. The molecule has 0 heterocycles. The SMILES string of the molecule is CN/C=C\C=C(/C)O. The van der Waals surface area contributed by atoms with E-state index in [0.717, 1.165) is 0 Å². The van der Waals surface area contributed by atoms with Crippen molar-refractivity contribution in [3.8, 4) is 0 Å². The molecule has 0 aromatic heterocycles. The summed E-state index contributed by atoms with van der Waals surface area (Å²) in [5.41, 5.74) is 0. The van der Waals surface area contributed by atoms with Crippen molar-refractivity contribution in [2.45, 2.75) is 6.92 Å². The smallest absolute Gasteiger partial charge is 0.0892 e. The van der Waals surface area contributed by atoms with Crippen LogP contribution in [0.2, 0.25) is 0 Å². The maximum absolute atomic E-state index is 8.56. The second kappa shape index (κ2) is 4.24. The zero-order valence-electron chi connectivity index (χ0n) is 5.18. The van der Waals surface area contributed by atoms with Crippen LogP contribution >= 0.6 is 0 Å². The van der Waals surface area contributed by atoms with Crippen LogP contribution in [0.1, 0.15) is 6.92 Å². The Labute approximate surface area is 49.5 Å². The Balaban J connectivity index is 3.42. The topological polar surface area (TPSA) is 32.3 Å². The Morgan fingerprint density at radius 3 is 2.62 bits per heavy atom. The highest BCUT2D eigenvalue weighted by Crippen LogP contribution is 1.82. The third-order valence-corrected chi connectivity index (χ3v) is 0.600. The maximum Gasteiger partial charge on any atom is 0.0892 e. The normalized spacial score (nSPS) is 12.5. The first-order chi connectivity index (χ1) is 3.77. The van der Waals surface area contributed by atoms with E-state index in [4.69, 9.17) is 5.11 Å². The van der Waals surface area contributed by atoms with Gasteiger partial charge < -0.3 is 10.4 Å². The predicted molar refractivity (Wildman–Crippen MR) is 34.6 cm³/mol. The second-order valence-corrected chi connectivity index (χ2v) is 1.46. The molecule has 0 rings (SSSR count). The summed E-state index contributed by atoms with van der Waals surface area (Å²) in [6, 6.07) is 0. The van der Waals surface area contributed by atoms with Crippen LogP contribution in [0.4, 0.5) is 0 Å². The van der Waals surface area contributed by atoms with Crippen molar-refractivity contribution in [3.05, 3.63) is 24.1 Å². The summed E-state index contributed by atoms with van der Waals surface area (Å²) in [7, 11) is 1.80. The number of rotatable bonds is 2. The third-order valence-electron chi connectivity index (χ3n) is 0.600. The molecule has 2 heteroatoms. The molecule has 0 atom stereocenters. The van der Waals surface area contributed by atoms with Crippen molar-refractivity contribution < 1.29 is 5.11 Å². The largest absolute Gasteiger partial charge is 0.513 e. The van der Waals surface area contributed by atoms with Gasteiger partial charge in [0.05, 0.1) is 5.76 Å². The summed E-state index contributed by atoms with van der Waals surface area (Å²) in [6.07, 6.45) is 5.07. The van der Waals surface area contributed by atoms with Gasteiger partial charge >= 0.3 is 0 Å². The Morgan fingerprint density at radius 2 is 2.25 bits per heavy atom. The summed E-state index contributed by atoms with van der Waals surface area (Å²) in [4.78, 5) is 0. The molecule has 8 heavy (non-hydrogen) atoms. The first-order valence-electron chi connectivity index (χ1n) is 2.47. The number of hydrogen-bond acceptors (Lipinski definition) is 2. The van der Waals surface area contributed by atoms with E-state index in [0.29, 0.717) is 5.76 Å². The molecule has 0 radical (unpaired) electrons. The minimum Gasteiger partial charge on any atom is -0.513 e. The molecule has 46 valence electrons. The molecule has 2 N–H and O–H groups in total. The summed E-state index contributed by atoms with van der Waals surface area (Å²) in [5, 5.41) is 11.3. The minimum absolute atomic E-state index is 0.316. The van der Waals surface area contributed by atoms with Gasteiger partial charge in [0.2, 0.25) is 0 Å². The lowest BCUT2D eigenvalue weighted by atomic mass is 10.5. The number of allylic oxidation sites excluding steroid dienone is 3. The van der Waals surface area contributed by atoms with E-state index in [9.17, 15) is 0 Å². The number of hydrogen-bond donors (Lipinski definition) is 2. The second-order valence-electron chi connectivity index (χ2n) is 1.46. The fourth-order valence-corrected chi connectivity index (χ4v) is 0.284. The Kier molecular flexibility index (Phi) is 3.76. The van der Waals surface area contributed by atoms with Crippen LogP contribution in [0.3, 0.4) is 0 Å². The zero-order valence-corrected chi connectivity index (χ0v) is 5.18. The molecule has 0 spiro atoms. The Morgan fingerprint density at radius 1 is 1.62 bits per heavy atom. The molecular formula is C6H11NO. The molecule has 0 aliphatic rings. The van der Waals surface area contributed by atoms with Gasteiger partial charge in [-0.1, -0.05) is 0 Å². The van der Waals surface area contributed by atoms with Crippen LogP contribution in [0.5, 0.6) is 0 Å². The minimum atomic E-state index is 0.316. The lowest BCUT2D eigenvalue weighted by Gasteiger charge is -1.82. The molecule has 0 aromatic carbocycles. The number of aliphatic hydroxyl groups excluding tert-OH is 1. The van der Waals surface area contributed by atoms with Gasteiger partial charge in [-0.2, -0.15) is 0 Å². The molecule has 0 saturated carbocycles. The lowest BCUT2D eigenvalue weighted by molar-refractivity contribution is 0.414. The van der Waals surface area contributed by atoms with Crippen molar-refractivity contribution in [2.75, 3.05) is 7.05 Å².